The van der Waals surface area contributed by atoms with Gasteiger partial charge in [0.2, 0.25) is 5.91 Å². The molecule has 0 bridgehead atoms. The van der Waals surface area contributed by atoms with Gasteiger partial charge in [-0.1, -0.05) is 20.3 Å². The van der Waals surface area contributed by atoms with Crippen LogP contribution in [0.3, 0.4) is 0 Å². The van der Waals surface area contributed by atoms with Gasteiger partial charge in [0.15, 0.2) is 0 Å². The summed E-state index contributed by atoms with van der Waals surface area (Å²) in [5, 5.41) is 8.70. The number of carbonyl (C=O) groups excluding carboxylic acids is 1. The van der Waals surface area contributed by atoms with E-state index in [0.717, 1.165) is 6.42 Å². The minimum Gasteiger partial charge on any atom is -0.480 e. The van der Waals surface area contributed by atoms with E-state index in [4.69, 9.17) is 5.11 Å². The number of hydrogen-bond acceptors (Lipinski definition) is 2. The van der Waals surface area contributed by atoms with E-state index >= 15 is 0 Å². The molecule has 82 valence electrons. The van der Waals surface area contributed by atoms with Gasteiger partial charge in [0.1, 0.15) is 6.04 Å². The molecule has 0 heterocycles. The van der Waals surface area contributed by atoms with Crippen LogP contribution in [0.4, 0.5) is 0 Å². The van der Waals surface area contributed by atoms with Crippen LogP contribution in [-0.4, -0.2) is 35.0 Å². The van der Waals surface area contributed by atoms with Gasteiger partial charge in [-0.3, -0.25) is 4.79 Å². The van der Waals surface area contributed by atoms with E-state index in [1.807, 2.05) is 13.8 Å². The van der Waals surface area contributed by atoms with Crippen LogP contribution in [0.1, 0.15) is 33.6 Å². The van der Waals surface area contributed by atoms with Crippen LogP contribution in [-0.2, 0) is 9.59 Å². The van der Waals surface area contributed by atoms with Crippen molar-refractivity contribution in [1.82, 2.24) is 4.90 Å². The van der Waals surface area contributed by atoms with E-state index in [-0.39, 0.29) is 5.91 Å². The SMILES string of the molecule is CCC(C)CC(=O)N(C)C(C)C(=O)O. The molecule has 1 amide bonds. The zero-order chi connectivity index (χ0) is 11.3. The van der Waals surface area contributed by atoms with Crippen molar-refractivity contribution in [3.63, 3.8) is 0 Å². The van der Waals surface area contributed by atoms with Crippen molar-refractivity contribution >= 4 is 11.9 Å². The Labute approximate surface area is 84.9 Å². The minimum atomic E-state index is -0.968. The molecular formula is C10H19NO3. The maximum absolute atomic E-state index is 11.5. The third-order valence-electron chi connectivity index (χ3n) is 2.55. The molecule has 0 aliphatic heterocycles. The van der Waals surface area contributed by atoms with Crippen molar-refractivity contribution in [2.75, 3.05) is 7.05 Å². The average Bonchev–Trinajstić information content (AvgIpc) is 2.14. The molecule has 4 heteroatoms. The van der Waals surface area contributed by atoms with Crippen LogP contribution in [0.25, 0.3) is 0 Å². The highest BCUT2D eigenvalue weighted by Crippen LogP contribution is 2.09. The molecule has 0 aliphatic carbocycles. The van der Waals surface area contributed by atoms with Gasteiger partial charge in [-0.05, 0) is 12.8 Å². The lowest BCUT2D eigenvalue weighted by Crippen LogP contribution is -2.40. The van der Waals surface area contributed by atoms with Crippen LogP contribution >= 0.6 is 0 Å². The molecule has 0 saturated heterocycles. The first kappa shape index (κ1) is 12.9. The Morgan fingerprint density at radius 1 is 1.36 bits per heavy atom. The van der Waals surface area contributed by atoms with Crippen molar-refractivity contribution in [3.8, 4) is 0 Å². The van der Waals surface area contributed by atoms with E-state index in [1.165, 1.54) is 18.9 Å². The summed E-state index contributed by atoms with van der Waals surface area (Å²) >= 11 is 0. The first-order chi connectivity index (χ1) is 6.40. The number of likely N-dealkylation sites (N-methyl/N-ethyl adjacent to an activating group) is 1. The molecule has 0 fully saturated rings. The predicted octanol–water partition coefficient (Wildman–Crippen LogP) is 1.35. The first-order valence-corrected chi connectivity index (χ1v) is 4.88. The topological polar surface area (TPSA) is 57.6 Å². The largest absolute Gasteiger partial charge is 0.480 e. The van der Waals surface area contributed by atoms with Crippen LogP contribution < -0.4 is 0 Å². The number of rotatable bonds is 5. The number of carboxylic acid groups (broad SMARTS) is 1. The van der Waals surface area contributed by atoms with Crippen molar-refractivity contribution in [3.05, 3.63) is 0 Å². The molecule has 2 unspecified atom stereocenters. The van der Waals surface area contributed by atoms with Gasteiger partial charge in [0.05, 0.1) is 0 Å². The molecule has 0 spiro atoms. The summed E-state index contributed by atoms with van der Waals surface area (Å²) in [5.41, 5.74) is 0. The highest BCUT2D eigenvalue weighted by molar-refractivity contribution is 5.83. The van der Waals surface area contributed by atoms with Crippen LogP contribution in [0, 0.1) is 5.92 Å². The molecule has 0 aromatic carbocycles. The van der Waals surface area contributed by atoms with Crippen molar-refractivity contribution in [2.24, 2.45) is 5.92 Å². The lowest BCUT2D eigenvalue weighted by molar-refractivity contribution is -0.148. The van der Waals surface area contributed by atoms with Gasteiger partial charge >= 0.3 is 5.97 Å². The molecule has 2 atom stereocenters. The Balaban J connectivity index is 4.18. The summed E-state index contributed by atoms with van der Waals surface area (Å²) in [6, 6.07) is -0.744. The molecular weight excluding hydrogens is 182 g/mol. The first-order valence-electron chi connectivity index (χ1n) is 4.88. The lowest BCUT2D eigenvalue weighted by atomic mass is 10.0. The number of hydrogen-bond donors (Lipinski definition) is 1. The highest BCUT2D eigenvalue weighted by Gasteiger charge is 2.22. The summed E-state index contributed by atoms with van der Waals surface area (Å²) in [6.07, 6.45) is 1.35. The van der Waals surface area contributed by atoms with Crippen molar-refractivity contribution < 1.29 is 14.7 Å². The standard InChI is InChI=1S/C10H19NO3/c1-5-7(2)6-9(12)11(4)8(3)10(13)14/h7-8H,5-6H2,1-4H3,(H,13,14). The zero-order valence-electron chi connectivity index (χ0n) is 9.28. The normalized spacial score (nSPS) is 14.6. The fourth-order valence-electron chi connectivity index (χ4n) is 0.968. The molecule has 4 nitrogen and oxygen atoms in total. The third kappa shape index (κ3) is 3.77. The van der Waals surface area contributed by atoms with E-state index in [2.05, 4.69) is 0 Å². The summed E-state index contributed by atoms with van der Waals surface area (Å²) in [5.74, 6) is -0.759. The Morgan fingerprint density at radius 2 is 1.86 bits per heavy atom. The summed E-state index contributed by atoms with van der Waals surface area (Å²) in [4.78, 5) is 23.4. The van der Waals surface area contributed by atoms with Crippen molar-refractivity contribution in [2.45, 2.75) is 39.7 Å². The zero-order valence-corrected chi connectivity index (χ0v) is 9.28. The Kier molecular flexibility index (Phi) is 5.20. The summed E-state index contributed by atoms with van der Waals surface area (Å²) in [6.45, 7) is 5.51. The maximum atomic E-state index is 11.5. The fraction of sp³-hybridized carbons (Fsp3) is 0.800. The number of amides is 1. The minimum absolute atomic E-state index is 0.103. The molecule has 0 aromatic heterocycles. The number of carboxylic acids is 1. The third-order valence-corrected chi connectivity index (χ3v) is 2.55. The number of nitrogens with zero attached hydrogens (tertiary/aromatic N) is 1. The Bertz CT molecular complexity index is 215. The summed E-state index contributed by atoms with van der Waals surface area (Å²) in [7, 11) is 1.53. The highest BCUT2D eigenvalue weighted by atomic mass is 16.4. The van der Waals surface area contributed by atoms with E-state index in [0.29, 0.717) is 12.3 Å². The molecule has 0 rings (SSSR count). The average molecular weight is 201 g/mol. The summed E-state index contributed by atoms with van der Waals surface area (Å²) < 4.78 is 0. The van der Waals surface area contributed by atoms with Gasteiger partial charge in [-0.2, -0.15) is 0 Å². The van der Waals surface area contributed by atoms with Gasteiger partial charge in [0, 0.05) is 13.5 Å². The number of carbonyl (C=O) groups is 2. The van der Waals surface area contributed by atoms with E-state index < -0.39 is 12.0 Å². The maximum Gasteiger partial charge on any atom is 0.326 e. The van der Waals surface area contributed by atoms with Gasteiger partial charge in [-0.15, -0.1) is 0 Å². The van der Waals surface area contributed by atoms with Gasteiger partial charge in [-0.25, -0.2) is 4.79 Å². The molecule has 1 N–H and O–H groups in total. The molecule has 0 aromatic rings. The van der Waals surface area contributed by atoms with Crippen LogP contribution in [0.5, 0.6) is 0 Å². The van der Waals surface area contributed by atoms with Crippen molar-refractivity contribution in [1.29, 1.82) is 0 Å². The molecule has 0 aliphatic rings. The monoisotopic (exact) mass is 201 g/mol. The molecule has 0 saturated carbocycles. The lowest BCUT2D eigenvalue weighted by Gasteiger charge is -2.22. The number of aliphatic carboxylic acids is 1. The second-order valence-electron chi connectivity index (χ2n) is 3.74. The smallest absolute Gasteiger partial charge is 0.326 e. The second kappa shape index (κ2) is 5.62. The van der Waals surface area contributed by atoms with Gasteiger partial charge in [0.25, 0.3) is 0 Å². The predicted molar refractivity (Wildman–Crippen MR) is 53.9 cm³/mol. The van der Waals surface area contributed by atoms with Crippen LogP contribution in [0.2, 0.25) is 0 Å². The Morgan fingerprint density at radius 3 is 2.21 bits per heavy atom. The van der Waals surface area contributed by atoms with E-state index in [9.17, 15) is 9.59 Å². The van der Waals surface area contributed by atoms with Gasteiger partial charge < -0.3 is 10.0 Å². The Hall–Kier alpha value is -1.06. The molecule has 14 heavy (non-hydrogen) atoms. The van der Waals surface area contributed by atoms with Crippen LogP contribution in [0.15, 0.2) is 0 Å². The second-order valence-corrected chi connectivity index (χ2v) is 3.74. The fourth-order valence-corrected chi connectivity index (χ4v) is 0.968. The quantitative estimate of drug-likeness (QED) is 0.730. The van der Waals surface area contributed by atoms with E-state index in [1.54, 1.807) is 0 Å². The molecule has 0 radical (unpaired) electrons.